The summed E-state index contributed by atoms with van der Waals surface area (Å²) >= 11 is 0. The van der Waals surface area contributed by atoms with Crippen molar-refractivity contribution in [1.29, 1.82) is 0 Å². The van der Waals surface area contributed by atoms with Crippen LogP contribution in [-0.2, 0) is 6.42 Å². The molecule has 0 radical (unpaired) electrons. The van der Waals surface area contributed by atoms with Crippen molar-refractivity contribution in [2.75, 3.05) is 0 Å². The monoisotopic (exact) mass is 367 g/mol. The van der Waals surface area contributed by atoms with Crippen molar-refractivity contribution >= 4 is 43.2 Å². The predicted octanol–water partition coefficient (Wildman–Crippen LogP) is 7.27. The zero-order chi connectivity index (χ0) is 18.9. The van der Waals surface area contributed by atoms with Crippen molar-refractivity contribution in [2.45, 2.75) is 6.42 Å². The molecule has 0 bridgehead atoms. The summed E-state index contributed by atoms with van der Waals surface area (Å²) in [6.07, 6.45) is 2.88. The Labute approximate surface area is 168 Å². The van der Waals surface area contributed by atoms with E-state index in [-0.39, 0.29) is 0 Å². The normalized spacial score (nSPS) is 12.7. The first-order valence-electron chi connectivity index (χ1n) is 10.1. The van der Waals surface area contributed by atoms with Crippen LogP contribution in [-0.4, -0.2) is 4.98 Å². The van der Waals surface area contributed by atoms with Crippen LogP contribution in [0.4, 0.5) is 0 Å². The van der Waals surface area contributed by atoms with Crippen LogP contribution in [0.15, 0.2) is 91.1 Å². The van der Waals surface area contributed by atoms with Crippen LogP contribution in [0.1, 0.15) is 11.1 Å². The fraction of sp³-hybridized carbons (Fsp3) is 0.0357. The summed E-state index contributed by atoms with van der Waals surface area (Å²) in [4.78, 5) is 4.63. The lowest BCUT2D eigenvalue weighted by Crippen LogP contribution is -1.91. The minimum Gasteiger partial charge on any atom is -0.256 e. The fourth-order valence-corrected chi connectivity index (χ4v) is 5.32. The topological polar surface area (TPSA) is 12.9 Å². The van der Waals surface area contributed by atoms with Gasteiger partial charge in [-0.2, -0.15) is 0 Å². The molecule has 7 rings (SSSR count). The summed E-state index contributed by atoms with van der Waals surface area (Å²) in [5, 5.41) is 9.27. The number of pyridine rings is 1. The molecule has 0 aliphatic heterocycles. The number of nitrogens with zero attached hydrogens (tertiary/aromatic N) is 1. The predicted molar refractivity (Wildman–Crippen MR) is 123 cm³/mol. The quantitative estimate of drug-likeness (QED) is 0.257. The van der Waals surface area contributed by atoms with E-state index in [0.717, 1.165) is 11.9 Å². The third-order valence-electron chi connectivity index (χ3n) is 6.51. The molecule has 1 nitrogen and oxygen atoms in total. The molecule has 0 fully saturated rings. The fourth-order valence-electron chi connectivity index (χ4n) is 5.32. The maximum Gasteiger partial charge on any atom is 0.0708 e. The maximum absolute atomic E-state index is 4.63. The standard InChI is InChI=1S/C28H17N/c1-3-8-19-17(6-1)11-12-23-26-21(13-14-25-22(26)10-5-15-29-25)24-16-18-7-2-4-9-20(18)28(24)27(19)23/h1-15H,16H2. The Hall–Kier alpha value is -3.71. The van der Waals surface area contributed by atoms with E-state index in [2.05, 4.69) is 89.9 Å². The van der Waals surface area contributed by atoms with Crippen molar-refractivity contribution in [2.24, 2.45) is 0 Å². The van der Waals surface area contributed by atoms with E-state index in [1.807, 2.05) is 6.20 Å². The number of benzene rings is 5. The van der Waals surface area contributed by atoms with E-state index in [1.54, 1.807) is 0 Å². The van der Waals surface area contributed by atoms with Gasteiger partial charge in [0.1, 0.15) is 0 Å². The Morgan fingerprint density at radius 1 is 0.586 bits per heavy atom. The van der Waals surface area contributed by atoms with Crippen LogP contribution < -0.4 is 0 Å². The van der Waals surface area contributed by atoms with Crippen LogP contribution in [0.25, 0.3) is 54.3 Å². The van der Waals surface area contributed by atoms with Crippen molar-refractivity contribution in [3.8, 4) is 11.1 Å². The van der Waals surface area contributed by atoms with E-state index in [9.17, 15) is 0 Å². The van der Waals surface area contributed by atoms with E-state index in [1.165, 1.54) is 60.0 Å². The molecule has 0 amide bonds. The molecule has 0 saturated heterocycles. The largest absolute Gasteiger partial charge is 0.256 e. The number of rotatable bonds is 0. The van der Waals surface area contributed by atoms with Gasteiger partial charge in [0.15, 0.2) is 0 Å². The molecule has 1 aromatic heterocycles. The number of fused-ring (bicyclic) bond motifs is 12. The molecule has 0 atom stereocenters. The van der Waals surface area contributed by atoms with Gasteiger partial charge < -0.3 is 0 Å². The molecule has 1 aliphatic rings. The Balaban J connectivity index is 1.84. The van der Waals surface area contributed by atoms with Gasteiger partial charge in [-0.05, 0) is 73.1 Å². The van der Waals surface area contributed by atoms with Gasteiger partial charge in [-0.25, -0.2) is 0 Å². The molecule has 0 N–H and O–H groups in total. The highest BCUT2D eigenvalue weighted by Crippen LogP contribution is 2.49. The average molecular weight is 367 g/mol. The SMILES string of the molecule is c1ccc2c(c1)Cc1c-2c2c3ccccc3ccc2c2c1ccc1ncccc12. The molecule has 1 heterocycles. The van der Waals surface area contributed by atoms with E-state index in [4.69, 9.17) is 0 Å². The summed E-state index contributed by atoms with van der Waals surface area (Å²) < 4.78 is 0. The Morgan fingerprint density at radius 3 is 2.41 bits per heavy atom. The zero-order valence-electron chi connectivity index (χ0n) is 15.8. The van der Waals surface area contributed by atoms with Crippen LogP contribution in [0.5, 0.6) is 0 Å². The van der Waals surface area contributed by atoms with Crippen LogP contribution >= 0.6 is 0 Å². The second-order valence-corrected chi connectivity index (χ2v) is 7.95. The van der Waals surface area contributed by atoms with Gasteiger partial charge in [-0.15, -0.1) is 0 Å². The van der Waals surface area contributed by atoms with Gasteiger partial charge in [0.05, 0.1) is 5.52 Å². The first-order chi connectivity index (χ1) is 14.4. The first-order valence-corrected chi connectivity index (χ1v) is 10.1. The highest BCUT2D eigenvalue weighted by molar-refractivity contribution is 6.30. The Bertz CT molecular complexity index is 1630. The summed E-state index contributed by atoms with van der Waals surface area (Å²) in [5.74, 6) is 0. The van der Waals surface area contributed by atoms with Gasteiger partial charge >= 0.3 is 0 Å². The highest BCUT2D eigenvalue weighted by atomic mass is 14.6. The Morgan fingerprint density at radius 2 is 1.41 bits per heavy atom. The summed E-state index contributed by atoms with van der Waals surface area (Å²) in [7, 11) is 0. The van der Waals surface area contributed by atoms with E-state index >= 15 is 0 Å². The number of hydrogen-bond acceptors (Lipinski definition) is 1. The number of aromatic nitrogens is 1. The van der Waals surface area contributed by atoms with Crippen LogP contribution in [0, 0.1) is 0 Å². The highest BCUT2D eigenvalue weighted by Gasteiger charge is 2.25. The lowest BCUT2D eigenvalue weighted by Gasteiger charge is -2.16. The molecule has 5 aromatic carbocycles. The van der Waals surface area contributed by atoms with Gasteiger partial charge in [0, 0.05) is 11.6 Å². The second-order valence-electron chi connectivity index (χ2n) is 7.95. The minimum absolute atomic E-state index is 0.993. The molecule has 6 aromatic rings. The van der Waals surface area contributed by atoms with Crippen molar-refractivity contribution in [3.05, 3.63) is 102 Å². The third-order valence-corrected chi connectivity index (χ3v) is 6.51. The zero-order valence-corrected chi connectivity index (χ0v) is 15.8. The molecular formula is C28H17N. The third kappa shape index (κ3) is 1.92. The summed E-state index contributed by atoms with van der Waals surface area (Å²) in [6, 6.07) is 31.0. The van der Waals surface area contributed by atoms with Crippen molar-refractivity contribution < 1.29 is 0 Å². The molecule has 0 spiro atoms. The molecule has 0 unspecified atom stereocenters. The van der Waals surface area contributed by atoms with Gasteiger partial charge in [0.2, 0.25) is 0 Å². The van der Waals surface area contributed by atoms with E-state index in [0.29, 0.717) is 0 Å². The van der Waals surface area contributed by atoms with Crippen LogP contribution in [0.3, 0.4) is 0 Å². The lowest BCUT2D eigenvalue weighted by molar-refractivity contribution is 1.29. The van der Waals surface area contributed by atoms with E-state index < -0.39 is 0 Å². The lowest BCUT2D eigenvalue weighted by atomic mass is 9.87. The van der Waals surface area contributed by atoms with Crippen LogP contribution in [0.2, 0.25) is 0 Å². The maximum atomic E-state index is 4.63. The summed E-state index contributed by atoms with van der Waals surface area (Å²) in [5.41, 5.74) is 6.75. The molecule has 0 saturated carbocycles. The van der Waals surface area contributed by atoms with Crippen molar-refractivity contribution in [1.82, 2.24) is 4.98 Å². The Kier molecular flexibility index (Phi) is 2.85. The molecule has 29 heavy (non-hydrogen) atoms. The molecular weight excluding hydrogens is 350 g/mol. The average Bonchev–Trinajstić information content (AvgIpc) is 3.18. The van der Waals surface area contributed by atoms with Gasteiger partial charge in [-0.1, -0.05) is 72.8 Å². The smallest absolute Gasteiger partial charge is 0.0708 e. The van der Waals surface area contributed by atoms with Gasteiger partial charge in [0.25, 0.3) is 0 Å². The first kappa shape index (κ1) is 15.2. The summed E-state index contributed by atoms with van der Waals surface area (Å²) in [6.45, 7) is 0. The minimum atomic E-state index is 0.993. The number of hydrogen-bond donors (Lipinski definition) is 0. The molecule has 1 aliphatic carbocycles. The van der Waals surface area contributed by atoms with Gasteiger partial charge in [-0.3, -0.25) is 4.98 Å². The second kappa shape index (κ2) is 5.42. The molecule has 1 heteroatoms. The molecule has 134 valence electrons. The van der Waals surface area contributed by atoms with Crippen molar-refractivity contribution in [3.63, 3.8) is 0 Å².